The molecule has 2 heterocycles. The summed E-state index contributed by atoms with van der Waals surface area (Å²) in [6.07, 6.45) is 0. The van der Waals surface area contributed by atoms with Crippen LogP contribution in [-0.4, -0.2) is 4.57 Å². The third-order valence-electron chi connectivity index (χ3n) is 11.2. The molecule has 3 heteroatoms. The van der Waals surface area contributed by atoms with Crippen molar-refractivity contribution < 1.29 is 4.42 Å². The second-order valence-corrected chi connectivity index (χ2v) is 14.5. The highest BCUT2D eigenvalue weighted by atomic mass is 16.3. The third-order valence-corrected chi connectivity index (χ3v) is 11.2. The van der Waals surface area contributed by atoms with Gasteiger partial charge in [0.2, 0.25) is 0 Å². The topological polar surface area (TPSA) is 21.3 Å². The number of hydrogen-bond acceptors (Lipinski definition) is 2. The van der Waals surface area contributed by atoms with Crippen molar-refractivity contribution in [2.45, 2.75) is 0 Å². The maximum atomic E-state index is 6.57. The molecule has 0 spiro atoms. The van der Waals surface area contributed by atoms with Crippen LogP contribution in [0, 0.1) is 0 Å². The van der Waals surface area contributed by atoms with Gasteiger partial charge in [0.15, 0.2) is 5.58 Å². The lowest BCUT2D eigenvalue weighted by Gasteiger charge is -2.26. The van der Waals surface area contributed by atoms with E-state index in [1.54, 1.807) is 0 Å². The Balaban J connectivity index is 0.966. The van der Waals surface area contributed by atoms with E-state index in [4.69, 9.17) is 4.42 Å². The van der Waals surface area contributed by atoms with Gasteiger partial charge in [-0.05, 0) is 82.4 Å². The lowest BCUT2D eigenvalue weighted by molar-refractivity contribution is 0.669. The summed E-state index contributed by atoms with van der Waals surface area (Å²) in [4.78, 5) is 2.30. The Morgan fingerprint density at radius 1 is 0.333 bits per heavy atom. The number of rotatable bonds is 7. The van der Waals surface area contributed by atoms with Crippen LogP contribution < -0.4 is 4.90 Å². The Hall–Kier alpha value is -7.62. The van der Waals surface area contributed by atoms with Gasteiger partial charge < -0.3 is 13.9 Å². The molecule has 0 amide bonds. The number of nitrogens with zero attached hydrogens (tertiary/aromatic N) is 2. The Kier molecular flexibility index (Phi) is 7.82. The average molecular weight is 729 g/mol. The highest BCUT2D eigenvalue weighted by Crippen LogP contribution is 2.43. The number of anilines is 3. The molecule has 0 saturated heterocycles. The van der Waals surface area contributed by atoms with Gasteiger partial charge in [0.25, 0.3) is 0 Å². The van der Waals surface area contributed by atoms with E-state index in [0.717, 1.165) is 50.1 Å². The van der Waals surface area contributed by atoms with E-state index < -0.39 is 0 Å². The predicted octanol–water partition coefficient (Wildman–Crippen LogP) is 15.2. The molecule has 57 heavy (non-hydrogen) atoms. The zero-order valence-corrected chi connectivity index (χ0v) is 31.1. The standard InChI is InChI=1S/C54H36N2O/c1-2-13-37(14-3-1)39-29-33-42(34-30-39)55(52-23-12-19-48-47-18-7-11-24-53(47)57-54(48)52)43-35-31-40(32-36-43)38-25-27-41(28-26-38)44-15-4-8-20-49(44)56-50-21-9-5-16-45(50)46-17-6-10-22-51(46)56/h1-36H. The van der Waals surface area contributed by atoms with E-state index in [-0.39, 0.29) is 0 Å². The Morgan fingerprint density at radius 3 is 1.46 bits per heavy atom. The molecule has 11 rings (SSSR count). The molecule has 0 aliphatic carbocycles. The summed E-state index contributed by atoms with van der Waals surface area (Å²) in [5, 5.41) is 4.74. The highest BCUT2D eigenvalue weighted by Gasteiger charge is 2.20. The Morgan fingerprint density at radius 2 is 0.807 bits per heavy atom. The van der Waals surface area contributed by atoms with Crippen LogP contribution in [0.5, 0.6) is 0 Å². The van der Waals surface area contributed by atoms with Crippen LogP contribution in [-0.2, 0) is 0 Å². The van der Waals surface area contributed by atoms with Crippen molar-refractivity contribution in [3.8, 4) is 39.1 Å². The molecule has 0 saturated carbocycles. The van der Waals surface area contributed by atoms with Crippen LogP contribution in [0.15, 0.2) is 223 Å². The fourth-order valence-electron chi connectivity index (χ4n) is 8.51. The summed E-state index contributed by atoms with van der Waals surface area (Å²) in [5.41, 5.74) is 15.5. The molecule has 0 aliphatic heterocycles. The van der Waals surface area contributed by atoms with Crippen LogP contribution in [0.3, 0.4) is 0 Å². The van der Waals surface area contributed by atoms with Gasteiger partial charge in [0, 0.05) is 38.5 Å². The van der Waals surface area contributed by atoms with Crippen LogP contribution >= 0.6 is 0 Å². The maximum absolute atomic E-state index is 6.57. The van der Waals surface area contributed by atoms with Crippen molar-refractivity contribution in [2.75, 3.05) is 4.90 Å². The molecule has 0 atom stereocenters. The number of aromatic nitrogens is 1. The van der Waals surface area contributed by atoms with E-state index in [1.165, 1.54) is 49.7 Å². The van der Waals surface area contributed by atoms with Crippen molar-refractivity contribution in [2.24, 2.45) is 0 Å². The fraction of sp³-hybridized carbons (Fsp3) is 0. The van der Waals surface area contributed by atoms with Gasteiger partial charge in [-0.1, -0.05) is 164 Å². The van der Waals surface area contributed by atoms with Gasteiger partial charge in [0.05, 0.1) is 22.4 Å². The monoisotopic (exact) mass is 728 g/mol. The largest absolute Gasteiger partial charge is 0.454 e. The first-order valence-electron chi connectivity index (χ1n) is 19.4. The quantitative estimate of drug-likeness (QED) is 0.163. The summed E-state index contributed by atoms with van der Waals surface area (Å²) in [7, 11) is 0. The smallest absolute Gasteiger partial charge is 0.159 e. The van der Waals surface area contributed by atoms with Crippen molar-refractivity contribution in [1.29, 1.82) is 0 Å². The summed E-state index contributed by atoms with van der Waals surface area (Å²) < 4.78 is 8.97. The van der Waals surface area contributed by atoms with E-state index in [9.17, 15) is 0 Å². The molecular weight excluding hydrogens is 693 g/mol. The molecule has 11 aromatic rings. The predicted molar refractivity (Wildman–Crippen MR) is 239 cm³/mol. The van der Waals surface area contributed by atoms with Gasteiger partial charge in [-0.25, -0.2) is 0 Å². The Labute approximate surface area is 330 Å². The summed E-state index contributed by atoms with van der Waals surface area (Å²) in [5.74, 6) is 0. The van der Waals surface area contributed by atoms with Gasteiger partial charge in [-0.15, -0.1) is 0 Å². The van der Waals surface area contributed by atoms with Gasteiger partial charge in [-0.2, -0.15) is 0 Å². The number of furan rings is 1. The van der Waals surface area contributed by atoms with Gasteiger partial charge >= 0.3 is 0 Å². The highest BCUT2D eigenvalue weighted by molar-refractivity contribution is 6.11. The maximum Gasteiger partial charge on any atom is 0.159 e. The second kappa shape index (κ2) is 13.6. The van der Waals surface area contributed by atoms with E-state index >= 15 is 0 Å². The second-order valence-electron chi connectivity index (χ2n) is 14.5. The minimum absolute atomic E-state index is 0.867. The van der Waals surface area contributed by atoms with E-state index in [1.807, 2.05) is 12.1 Å². The molecule has 0 unspecified atom stereocenters. The molecule has 0 N–H and O–H groups in total. The molecule has 0 fully saturated rings. The molecule has 268 valence electrons. The van der Waals surface area contributed by atoms with Gasteiger partial charge in [0.1, 0.15) is 5.58 Å². The molecular formula is C54H36N2O. The van der Waals surface area contributed by atoms with E-state index in [0.29, 0.717) is 0 Å². The first-order valence-corrected chi connectivity index (χ1v) is 19.4. The normalized spacial score (nSPS) is 11.5. The van der Waals surface area contributed by atoms with Crippen molar-refractivity contribution in [3.63, 3.8) is 0 Å². The van der Waals surface area contributed by atoms with Crippen LogP contribution in [0.4, 0.5) is 17.1 Å². The number of fused-ring (bicyclic) bond motifs is 6. The van der Waals surface area contributed by atoms with E-state index in [2.05, 4.69) is 216 Å². The molecule has 9 aromatic carbocycles. The zero-order chi connectivity index (χ0) is 37.7. The fourth-order valence-corrected chi connectivity index (χ4v) is 8.51. The first kappa shape index (κ1) is 32.8. The van der Waals surface area contributed by atoms with Crippen LogP contribution in [0.2, 0.25) is 0 Å². The molecule has 2 aromatic heterocycles. The molecule has 3 nitrogen and oxygen atoms in total. The van der Waals surface area contributed by atoms with Crippen LogP contribution in [0.1, 0.15) is 0 Å². The van der Waals surface area contributed by atoms with Gasteiger partial charge in [-0.3, -0.25) is 0 Å². The zero-order valence-electron chi connectivity index (χ0n) is 31.1. The SMILES string of the molecule is c1ccc(-c2ccc(N(c3ccc(-c4ccc(-c5ccccc5-n5c6ccccc6c6ccccc65)cc4)cc3)c3cccc4c3oc3ccccc34)cc2)cc1. The number of para-hydroxylation sites is 5. The number of hydrogen-bond donors (Lipinski definition) is 0. The lowest BCUT2D eigenvalue weighted by atomic mass is 9.98. The van der Waals surface area contributed by atoms with Crippen LogP contribution in [0.25, 0.3) is 82.8 Å². The first-order chi connectivity index (χ1) is 28.3. The summed E-state index contributed by atoms with van der Waals surface area (Å²) >= 11 is 0. The minimum atomic E-state index is 0.867. The van der Waals surface area contributed by atoms with Crippen molar-refractivity contribution in [1.82, 2.24) is 4.57 Å². The molecule has 0 radical (unpaired) electrons. The summed E-state index contributed by atoms with van der Waals surface area (Å²) in [6, 6.07) is 78.0. The summed E-state index contributed by atoms with van der Waals surface area (Å²) in [6.45, 7) is 0. The molecule has 0 aliphatic rings. The van der Waals surface area contributed by atoms with Crippen molar-refractivity contribution >= 4 is 60.8 Å². The average Bonchev–Trinajstić information content (AvgIpc) is 3.84. The Bertz CT molecular complexity index is 3160. The minimum Gasteiger partial charge on any atom is -0.454 e. The number of benzene rings is 9. The lowest BCUT2D eigenvalue weighted by Crippen LogP contribution is -2.10. The molecule has 0 bridgehead atoms. The third kappa shape index (κ3) is 5.60. The van der Waals surface area contributed by atoms with Crippen molar-refractivity contribution in [3.05, 3.63) is 218 Å².